The van der Waals surface area contributed by atoms with E-state index in [1.165, 1.54) is 0 Å². The molecule has 0 saturated heterocycles. The molecule has 0 spiro atoms. The number of benzene rings is 1. The third kappa shape index (κ3) is 8.09. The lowest BCUT2D eigenvalue weighted by Crippen LogP contribution is -2.42. The summed E-state index contributed by atoms with van der Waals surface area (Å²) in [4.78, 5) is 33.3. The maximum absolute atomic E-state index is 11.7. The summed E-state index contributed by atoms with van der Waals surface area (Å²) in [5.41, 5.74) is 6.11. The molecule has 10 heteroatoms. The molecule has 0 saturated carbocycles. The fourth-order valence-corrected chi connectivity index (χ4v) is 3.66. The van der Waals surface area contributed by atoms with Crippen LogP contribution in [0.1, 0.15) is 5.56 Å². The van der Waals surface area contributed by atoms with Crippen LogP contribution in [-0.4, -0.2) is 51.8 Å². The lowest BCUT2D eigenvalue weighted by atomic mass is 10.2. The van der Waals surface area contributed by atoms with Gasteiger partial charge in [0.05, 0.1) is 0 Å². The zero-order chi connectivity index (χ0) is 17.9. The number of nitrogens with one attached hydrogen (secondary N) is 1. The number of carbonyl (C=O) groups is 3. The molecular formula is C14H18N2O6S2. The summed E-state index contributed by atoms with van der Waals surface area (Å²) in [6.45, 7) is 0.0361. The largest absolute Gasteiger partial charge is 0.480 e. The highest BCUT2D eigenvalue weighted by molar-refractivity contribution is 8.76. The van der Waals surface area contributed by atoms with Gasteiger partial charge in [0.25, 0.3) is 0 Å². The molecule has 0 fully saturated rings. The van der Waals surface area contributed by atoms with Crippen molar-refractivity contribution in [2.24, 2.45) is 5.73 Å². The van der Waals surface area contributed by atoms with Crippen molar-refractivity contribution >= 4 is 39.6 Å². The first-order valence-electron chi connectivity index (χ1n) is 6.83. The van der Waals surface area contributed by atoms with E-state index in [1.807, 2.05) is 6.07 Å². The number of hydrogen-bond acceptors (Lipinski definition) is 7. The standard InChI is InChI=1S/C14H18N2O6S2/c15-10(12(17)18)7-23-24-8-11(13(19)20)16-14(21)22-6-9-4-2-1-3-5-9/h1-5,10-11H,6-8,15H2,(H,16,21)(H,17,18)(H,19,20)/t10-,11+/m1/s1. The monoisotopic (exact) mass is 374 g/mol. The van der Waals surface area contributed by atoms with Crippen LogP contribution in [0, 0.1) is 0 Å². The number of carbonyl (C=O) groups excluding carboxylic acids is 1. The van der Waals surface area contributed by atoms with E-state index in [4.69, 9.17) is 20.7 Å². The SMILES string of the molecule is N[C@H](CSSC[C@H](NC(=O)OCc1ccccc1)C(=O)O)C(=O)O. The number of ether oxygens (including phenoxy) is 1. The van der Waals surface area contributed by atoms with Crippen LogP contribution in [0.5, 0.6) is 0 Å². The summed E-state index contributed by atoms with van der Waals surface area (Å²) in [7, 11) is 2.24. The fourth-order valence-electron chi connectivity index (χ4n) is 1.39. The molecule has 0 aliphatic rings. The molecule has 1 amide bonds. The molecule has 0 aliphatic heterocycles. The van der Waals surface area contributed by atoms with Gasteiger partial charge in [0.1, 0.15) is 18.7 Å². The number of amides is 1. The second-order valence-corrected chi connectivity index (χ2v) is 7.16. The van der Waals surface area contributed by atoms with Gasteiger partial charge in [-0.1, -0.05) is 51.9 Å². The normalized spacial score (nSPS) is 12.9. The molecule has 0 aromatic heterocycles. The smallest absolute Gasteiger partial charge is 0.408 e. The minimum Gasteiger partial charge on any atom is -0.480 e. The van der Waals surface area contributed by atoms with Crippen molar-refractivity contribution in [1.29, 1.82) is 0 Å². The van der Waals surface area contributed by atoms with Crippen LogP contribution < -0.4 is 11.1 Å². The quantitative estimate of drug-likeness (QED) is 0.351. The Kier molecular flexibility index (Phi) is 9.05. The lowest BCUT2D eigenvalue weighted by molar-refractivity contribution is -0.139. The van der Waals surface area contributed by atoms with E-state index in [0.717, 1.165) is 27.2 Å². The van der Waals surface area contributed by atoms with Crippen molar-refractivity contribution in [3.63, 3.8) is 0 Å². The molecule has 5 N–H and O–H groups in total. The van der Waals surface area contributed by atoms with Crippen LogP contribution in [0.3, 0.4) is 0 Å². The van der Waals surface area contributed by atoms with Crippen molar-refractivity contribution in [2.75, 3.05) is 11.5 Å². The third-order valence-electron chi connectivity index (χ3n) is 2.69. The number of alkyl carbamates (subject to hydrolysis) is 1. The minimum absolute atomic E-state index is 0.0361. The van der Waals surface area contributed by atoms with Gasteiger partial charge in [-0.05, 0) is 5.56 Å². The van der Waals surface area contributed by atoms with Crippen molar-refractivity contribution in [2.45, 2.75) is 18.7 Å². The number of carboxylic acids is 2. The van der Waals surface area contributed by atoms with Gasteiger partial charge in [-0.25, -0.2) is 9.59 Å². The van der Waals surface area contributed by atoms with E-state index in [1.54, 1.807) is 24.3 Å². The topological polar surface area (TPSA) is 139 Å². The Morgan fingerprint density at radius 2 is 1.71 bits per heavy atom. The molecule has 0 heterocycles. The highest BCUT2D eigenvalue weighted by Gasteiger charge is 2.21. The first-order valence-corrected chi connectivity index (χ1v) is 9.31. The lowest BCUT2D eigenvalue weighted by Gasteiger charge is -2.14. The highest BCUT2D eigenvalue weighted by Crippen LogP contribution is 2.22. The van der Waals surface area contributed by atoms with Gasteiger partial charge in [-0.3, -0.25) is 4.79 Å². The molecule has 2 atom stereocenters. The number of rotatable bonds is 10. The van der Waals surface area contributed by atoms with Crippen LogP contribution >= 0.6 is 21.6 Å². The van der Waals surface area contributed by atoms with Crippen LogP contribution in [0.2, 0.25) is 0 Å². The second kappa shape index (κ2) is 10.8. The molecule has 132 valence electrons. The molecule has 24 heavy (non-hydrogen) atoms. The summed E-state index contributed by atoms with van der Waals surface area (Å²) in [5, 5.41) is 20.0. The molecule has 8 nitrogen and oxygen atoms in total. The van der Waals surface area contributed by atoms with Crippen molar-refractivity contribution in [1.82, 2.24) is 5.32 Å². The summed E-state index contributed by atoms with van der Waals surface area (Å²) >= 11 is 0. The molecule has 0 unspecified atom stereocenters. The first-order chi connectivity index (χ1) is 11.4. The van der Waals surface area contributed by atoms with Gasteiger partial charge in [-0.2, -0.15) is 0 Å². The van der Waals surface area contributed by atoms with Gasteiger partial charge >= 0.3 is 18.0 Å². The Hall–Kier alpha value is -1.91. The average Bonchev–Trinajstić information content (AvgIpc) is 2.56. The van der Waals surface area contributed by atoms with Crippen molar-refractivity contribution in [3.8, 4) is 0 Å². The van der Waals surface area contributed by atoms with Gasteiger partial charge in [-0.15, -0.1) is 0 Å². The molecule has 1 rings (SSSR count). The molecule has 1 aromatic carbocycles. The van der Waals surface area contributed by atoms with E-state index < -0.39 is 30.1 Å². The molecule has 0 radical (unpaired) electrons. The zero-order valence-corrected chi connectivity index (χ0v) is 14.2. The maximum Gasteiger partial charge on any atom is 0.408 e. The predicted octanol–water partition coefficient (Wildman–Crippen LogP) is 1.16. The van der Waals surface area contributed by atoms with Crippen molar-refractivity contribution in [3.05, 3.63) is 35.9 Å². The first kappa shape index (κ1) is 20.1. The molecule has 0 bridgehead atoms. The van der Waals surface area contributed by atoms with Gasteiger partial charge < -0.3 is 26.0 Å². The second-order valence-electron chi connectivity index (χ2n) is 4.61. The Bertz CT molecular complexity index is 557. The Balaban J connectivity index is 2.32. The van der Waals surface area contributed by atoms with E-state index in [2.05, 4.69) is 5.32 Å². The maximum atomic E-state index is 11.7. The van der Waals surface area contributed by atoms with Crippen molar-refractivity contribution < 1.29 is 29.3 Å². The number of aliphatic carboxylic acids is 2. The number of carboxylic acid groups (broad SMARTS) is 2. The average molecular weight is 374 g/mol. The van der Waals surface area contributed by atoms with Gasteiger partial charge in [0.15, 0.2) is 0 Å². The third-order valence-corrected chi connectivity index (χ3v) is 5.13. The minimum atomic E-state index is -1.21. The van der Waals surface area contributed by atoms with E-state index >= 15 is 0 Å². The van der Waals surface area contributed by atoms with E-state index in [-0.39, 0.29) is 18.1 Å². The van der Waals surface area contributed by atoms with Crippen LogP contribution in [0.4, 0.5) is 4.79 Å². The molecular weight excluding hydrogens is 356 g/mol. The molecule has 1 aromatic rings. The van der Waals surface area contributed by atoms with E-state index in [9.17, 15) is 14.4 Å². The Labute approximate surface area is 146 Å². The molecule has 0 aliphatic carbocycles. The zero-order valence-electron chi connectivity index (χ0n) is 12.6. The Morgan fingerprint density at radius 1 is 1.08 bits per heavy atom. The summed E-state index contributed by atoms with van der Waals surface area (Å²) in [6, 6.07) is 6.81. The predicted molar refractivity (Wildman–Crippen MR) is 91.7 cm³/mol. The van der Waals surface area contributed by atoms with Gasteiger partial charge in [0, 0.05) is 11.5 Å². The fraction of sp³-hybridized carbons (Fsp3) is 0.357. The van der Waals surface area contributed by atoms with Crippen LogP contribution in [-0.2, 0) is 20.9 Å². The highest BCUT2D eigenvalue weighted by atomic mass is 33.1. The summed E-state index contributed by atoms with van der Waals surface area (Å²) in [6.07, 6.45) is -0.834. The van der Waals surface area contributed by atoms with E-state index in [0.29, 0.717) is 0 Å². The number of nitrogens with two attached hydrogens (primary N) is 1. The Morgan fingerprint density at radius 3 is 2.29 bits per heavy atom. The summed E-state index contributed by atoms with van der Waals surface area (Å²) < 4.78 is 4.96. The number of hydrogen-bond donors (Lipinski definition) is 4. The van der Waals surface area contributed by atoms with Crippen LogP contribution in [0.15, 0.2) is 30.3 Å². The summed E-state index contributed by atoms with van der Waals surface area (Å²) in [5.74, 6) is -2.15. The van der Waals surface area contributed by atoms with Gasteiger partial charge in [0.2, 0.25) is 0 Å². The van der Waals surface area contributed by atoms with Crippen LogP contribution in [0.25, 0.3) is 0 Å².